The van der Waals surface area contributed by atoms with E-state index < -0.39 is 0 Å². The van der Waals surface area contributed by atoms with E-state index in [0.717, 1.165) is 25.7 Å². The Hall–Kier alpha value is -1.06. The van der Waals surface area contributed by atoms with Crippen LogP contribution in [0, 0.1) is 10.8 Å². The summed E-state index contributed by atoms with van der Waals surface area (Å²) in [5.41, 5.74) is 10.5. The smallest absolute Gasteiger partial charge is 0.0905 e. The normalized spacial score (nSPS) is 10.2. The first-order valence-corrected chi connectivity index (χ1v) is 6.28. The predicted octanol–water partition coefficient (Wildman–Crippen LogP) is 2.76. The van der Waals surface area contributed by atoms with E-state index in [1.54, 1.807) is 0 Å². The molecular weight excluding hydrogens is 200 g/mol. The van der Waals surface area contributed by atoms with Gasteiger partial charge in [-0.2, -0.15) is 0 Å². The van der Waals surface area contributed by atoms with Gasteiger partial charge in [0.1, 0.15) is 0 Å². The minimum Gasteiger partial charge on any atom is -0.388 e. The third kappa shape index (κ3) is 12.9. The summed E-state index contributed by atoms with van der Waals surface area (Å²) in [4.78, 5) is 0. The molecule has 0 aliphatic rings. The highest BCUT2D eigenvalue weighted by atomic mass is 14.7. The predicted molar refractivity (Wildman–Crippen MR) is 70.0 cm³/mol. The molecule has 0 heterocycles. The number of amidine groups is 2. The van der Waals surface area contributed by atoms with Gasteiger partial charge in [0.2, 0.25) is 0 Å². The molecule has 4 heteroatoms. The van der Waals surface area contributed by atoms with Crippen LogP contribution < -0.4 is 11.5 Å². The molecule has 0 amide bonds. The van der Waals surface area contributed by atoms with Crippen molar-refractivity contribution < 1.29 is 0 Å². The summed E-state index contributed by atoms with van der Waals surface area (Å²) in [6.07, 6.45) is 11.0. The van der Waals surface area contributed by atoms with Crippen LogP contribution in [0.2, 0.25) is 0 Å². The molecule has 0 aromatic rings. The van der Waals surface area contributed by atoms with Crippen LogP contribution in [0.25, 0.3) is 0 Å². The Morgan fingerprint density at radius 1 is 0.562 bits per heavy atom. The van der Waals surface area contributed by atoms with Gasteiger partial charge in [-0.15, -0.1) is 0 Å². The van der Waals surface area contributed by atoms with Crippen molar-refractivity contribution in [3.8, 4) is 0 Å². The molecule has 0 aromatic heterocycles. The summed E-state index contributed by atoms with van der Waals surface area (Å²) >= 11 is 0. The van der Waals surface area contributed by atoms with E-state index in [0.29, 0.717) is 11.7 Å². The van der Waals surface area contributed by atoms with Crippen molar-refractivity contribution in [3.63, 3.8) is 0 Å². The lowest BCUT2D eigenvalue weighted by Gasteiger charge is -2.02. The van der Waals surface area contributed by atoms with Crippen LogP contribution >= 0.6 is 0 Å². The zero-order chi connectivity index (χ0) is 12.2. The molecule has 0 aromatic carbocycles. The quantitative estimate of drug-likeness (QED) is 0.247. The Morgan fingerprint density at radius 2 is 0.812 bits per heavy atom. The molecule has 0 aliphatic carbocycles. The van der Waals surface area contributed by atoms with Gasteiger partial charge in [-0.3, -0.25) is 10.8 Å². The number of unbranched alkanes of at least 4 members (excludes halogenated alkanes) is 7. The van der Waals surface area contributed by atoms with Gasteiger partial charge in [0.15, 0.2) is 0 Å². The minimum absolute atomic E-state index is 0.309. The molecule has 0 rings (SSSR count). The standard InChI is InChI=1S/C12H26N4/c13-11(14)9-7-5-3-1-2-4-6-8-10-12(15)16/h1-10H2,(H3,13,14)(H3,15,16). The number of hydrogen-bond donors (Lipinski definition) is 4. The van der Waals surface area contributed by atoms with Gasteiger partial charge in [-0.25, -0.2) is 0 Å². The van der Waals surface area contributed by atoms with Gasteiger partial charge >= 0.3 is 0 Å². The fourth-order valence-electron chi connectivity index (χ4n) is 1.69. The van der Waals surface area contributed by atoms with Gasteiger partial charge in [0, 0.05) is 12.8 Å². The van der Waals surface area contributed by atoms with Crippen molar-refractivity contribution in [2.45, 2.75) is 64.2 Å². The van der Waals surface area contributed by atoms with E-state index in [1.807, 2.05) is 0 Å². The van der Waals surface area contributed by atoms with Crippen molar-refractivity contribution in [1.82, 2.24) is 0 Å². The molecule has 4 nitrogen and oxygen atoms in total. The number of rotatable bonds is 11. The first-order valence-electron chi connectivity index (χ1n) is 6.28. The molecule has 6 N–H and O–H groups in total. The SMILES string of the molecule is N=C(N)CCCCCCCCCCC(=N)N. The van der Waals surface area contributed by atoms with E-state index in [4.69, 9.17) is 22.3 Å². The lowest BCUT2D eigenvalue weighted by atomic mass is 10.1. The van der Waals surface area contributed by atoms with Crippen LogP contribution in [0.4, 0.5) is 0 Å². The Balaban J connectivity index is 2.98. The van der Waals surface area contributed by atoms with Crippen LogP contribution in [-0.4, -0.2) is 11.7 Å². The number of hydrogen-bond acceptors (Lipinski definition) is 2. The summed E-state index contributed by atoms with van der Waals surface area (Å²) in [6, 6.07) is 0. The second-order valence-corrected chi connectivity index (χ2v) is 4.38. The van der Waals surface area contributed by atoms with Crippen molar-refractivity contribution in [2.24, 2.45) is 11.5 Å². The van der Waals surface area contributed by atoms with Crippen LogP contribution in [0.1, 0.15) is 64.2 Å². The lowest BCUT2D eigenvalue weighted by Crippen LogP contribution is -2.08. The Kier molecular flexibility index (Phi) is 9.76. The lowest BCUT2D eigenvalue weighted by molar-refractivity contribution is 0.574. The summed E-state index contributed by atoms with van der Waals surface area (Å²) in [5, 5.41) is 14.1. The van der Waals surface area contributed by atoms with E-state index in [-0.39, 0.29) is 0 Å². The van der Waals surface area contributed by atoms with Crippen LogP contribution in [0.15, 0.2) is 0 Å². The highest BCUT2D eigenvalue weighted by Crippen LogP contribution is 2.10. The highest BCUT2D eigenvalue weighted by molar-refractivity contribution is 5.76. The summed E-state index contributed by atoms with van der Waals surface area (Å²) < 4.78 is 0. The first-order chi connectivity index (χ1) is 7.63. The van der Waals surface area contributed by atoms with Crippen LogP contribution in [0.5, 0.6) is 0 Å². The topological polar surface area (TPSA) is 99.7 Å². The molecule has 0 atom stereocenters. The molecular formula is C12H26N4. The second kappa shape index (κ2) is 10.5. The molecule has 0 aliphatic heterocycles. The zero-order valence-electron chi connectivity index (χ0n) is 10.2. The highest BCUT2D eigenvalue weighted by Gasteiger charge is 1.94. The third-order valence-electron chi connectivity index (χ3n) is 2.64. The second-order valence-electron chi connectivity index (χ2n) is 4.38. The summed E-state index contributed by atoms with van der Waals surface area (Å²) in [7, 11) is 0. The largest absolute Gasteiger partial charge is 0.388 e. The maximum absolute atomic E-state index is 7.07. The van der Waals surface area contributed by atoms with Gasteiger partial charge < -0.3 is 11.5 Å². The average Bonchev–Trinajstić information content (AvgIpc) is 2.20. The fourth-order valence-corrected chi connectivity index (χ4v) is 1.69. The van der Waals surface area contributed by atoms with Gasteiger partial charge in [-0.1, -0.05) is 38.5 Å². The van der Waals surface area contributed by atoms with E-state index in [2.05, 4.69) is 0 Å². The maximum atomic E-state index is 7.07. The zero-order valence-corrected chi connectivity index (χ0v) is 10.2. The molecule has 94 valence electrons. The Bertz CT molecular complexity index is 179. The first kappa shape index (κ1) is 14.9. The van der Waals surface area contributed by atoms with Crippen molar-refractivity contribution >= 4 is 11.7 Å². The number of nitrogens with two attached hydrogens (primary N) is 2. The maximum Gasteiger partial charge on any atom is 0.0905 e. The van der Waals surface area contributed by atoms with Gasteiger partial charge in [0.05, 0.1) is 11.7 Å². The van der Waals surface area contributed by atoms with E-state index in [1.165, 1.54) is 38.5 Å². The molecule has 0 saturated carbocycles. The molecule has 0 saturated heterocycles. The van der Waals surface area contributed by atoms with Crippen LogP contribution in [-0.2, 0) is 0 Å². The van der Waals surface area contributed by atoms with Crippen molar-refractivity contribution in [1.29, 1.82) is 10.8 Å². The molecule has 0 unspecified atom stereocenters. The average molecular weight is 226 g/mol. The minimum atomic E-state index is 0.309. The number of nitrogens with one attached hydrogen (secondary N) is 2. The van der Waals surface area contributed by atoms with E-state index >= 15 is 0 Å². The summed E-state index contributed by atoms with van der Waals surface area (Å²) in [5.74, 6) is 0.619. The third-order valence-corrected chi connectivity index (χ3v) is 2.64. The van der Waals surface area contributed by atoms with Crippen molar-refractivity contribution in [3.05, 3.63) is 0 Å². The molecule has 0 bridgehead atoms. The summed E-state index contributed by atoms with van der Waals surface area (Å²) in [6.45, 7) is 0. The molecule has 0 spiro atoms. The Morgan fingerprint density at radius 3 is 1.06 bits per heavy atom. The molecule has 16 heavy (non-hydrogen) atoms. The monoisotopic (exact) mass is 226 g/mol. The Labute approximate surface area is 98.8 Å². The van der Waals surface area contributed by atoms with Crippen LogP contribution in [0.3, 0.4) is 0 Å². The van der Waals surface area contributed by atoms with Crippen molar-refractivity contribution in [2.75, 3.05) is 0 Å². The van der Waals surface area contributed by atoms with Gasteiger partial charge in [-0.05, 0) is 12.8 Å². The molecule has 0 fully saturated rings. The van der Waals surface area contributed by atoms with E-state index in [9.17, 15) is 0 Å². The molecule has 0 radical (unpaired) electrons. The fraction of sp³-hybridized carbons (Fsp3) is 0.833. The van der Waals surface area contributed by atoms with Gasteiger partial charge in [0.25, 0.3) is 0 Å².